The van der Waals surface area contributed by atoms with E-state index in [1.807, 2.05) is 36.1 Å². The van der Waals surface area contributed by atoms with E-state index in [2.05, 4.69) is 33.6 Å². The predicted molar refractivity (Wildman–Crippen MR) is 82.5 cm³/mol. The summed E-state index contributed by atoms with van der Waals surface area (Å²) in [5, 5.41) is 7.63. The Morgan fingerprint density at radius 2 is 2.19 bits per heavy atom. The third-order valence-corrected chi connectivity index (χ3v) is 3.72. The molecule has 1 aliphatic heterocycles. The lowest BCUT2D eigenvalue weighted by Gasteiger charge is -2.32. The topological polar surface area (TPSA) is 42.3 Å². The fourth-order valence-corrected chi connectivity index (χ4v) is 2.70. The first-order valence-electron chi connectivity index (χ1n) is 7.42. The van der Waals surface area contributed by atoms with Crippen LogP contribution in [0.2, 0.25) is 0 Å². The molecule has 5 nitrogen and oxygen atoms in total. The molecule has 3 rings (SSSR count). The first-order chi connectivity index (χ1) is 10.3. The number of para-hydroxylation sites is 1. The number of nitrogens with zero attached hydrogens (tertiary/aromatic N) is 3. The third-order valence-electron chi connectivity index (χ3n) is 3.72. The highest BCUT2D eigenvalue weighted by molar-refractivity contribution is 5.30. The van der Waals surface area contributed by atoms with E-state index in [1.54, 1.807) is 0 Å². The summed E-state index contributed by atoms with van der Waals surface area (Å²) in [6, 6.07) is 10.2. The van der Waals surface area contributed by atoms with Crippen molar-refractivity contribution >= 4 is 0 Å². The van der Waals surface area contributed by atoms with Crippen molar-refractivity contribution in [2.45, 2.75) is 12.6 Å². The van der Waals surface area contributed by atoms with Crippen LogP contribution in [-0.4, -0.2) is 54.1 Å². The summed E-state index contributed by atoms with van der Waals surface area (Å²) in [7, 11) is 1.96. The van der Waals surface area contributed by atoms with Crippen molar-refractivity contribution in [3.8, 4) is 5.69 Å². The average molecular weight is 286 g/mol. The second-order valence-electron chi connectivity index (χ2n) is 5.41. The minimum Gasteiger partial charge on any atom is -0.374 e. The van der Waals surface area contributed by atoms with Crippen molar-refractivity contribution in [3.05, 3.63) is 48.3 Å². The van der Waals surface area contributed by atoms with Gasteiger partial charge in [0.2, 0.25) is 0 Å². The minimum absolute atomic E-state index is 0.285. The van der Waals surface area contributed by atoms with Crippen LogP contribution in [-0.2, 0) is 11.3 Å². The molecule has 1 unspecified atom stereocenters. The van der Waals surface area contributed by atoms with Gasteiger partial charge in [-0.3, -0.25) is 4.90 Å². The van der Waals surface area contributed by atoms with Gasteiger partial charge in [0.25, 0.3) is 0 Å². The molecule has 1 saturated heterocycles. The van der Waals surface area contributed by atoms with Gasteiger partial charge in [-0.25, -0.2) is 4.68 Å². The standard InChI is InChI=1S/C16H22N4O/c1-17-10-16-13-19(7-8-21-16)11-14-9-18-20(12-14)15-5-3-2-4-6-15/h2-6,9,12,16-17H,7-8,10-11,13H2,1H3. The number of rotatable bonds is 5. The van der Waals surface area contributed by atoms with Crippen LogP contribution in [0.5, 0.6) is 0 Å². The largest absolute Gasteiger partial charge is 0.374 e. The first kappa shape index (κ1) is 14.3. The molecule has 0 amide bonds. The molecule has 1 fully saturated rings. The van der Waals surface area contributed by atoms with E-state index in [0.717, 1.165) is 38.5 Å². The van der Waals surface area contributed by atoms with E-state index in [1.165, 1.54) is 5.56 Å². The van der Waals surface area contributed by atoms with Gasteiger partial charge < -0.3 is 10.1 Å². The number of ether oxygens (including phenoxy) is 1. The molecular weight excluding hydrogens is 264 g/mol. The number of benzene rings is 1. The molecule has 0 aliphatic carbocycles. The van der Waals surface area contributed by atoms with Gasteiger partial charge in [0, 0.05) is 37.9 Å². The van der Waals surface area contributed by atoms with Gasteiger partial charge >= 0.3 is 0 Å². The zero-order valence-electron chi connectivity index (χ0n) is 12.4. The van der Waals surface area contributed by atoms with Crippen molar-refractivity contribution in [1.82, 2.24) is 20.0 Å². The summed E-state index contributed by atoms with van der Waals surface area (Å²) in [4.78, 5) is 2.43. The van der Waals surface area contributed by atoms with Crippen LogP contribution in [0.25, 0.3) is 5.69 Å². The number of hydrogen-bond donors (Lipinski definition) is 1. The fourth-order valence-electron chi connectivity index (χ4n) is 2.70. The Morgan fingerprint density at radius 1 is 1.33 bits per heavy atom. The van der Waals surface area contributed by atoms with Crippen molar-refractivity contribution in [2.24, 2.45) is 0 Å². The summed E-state index contributed by atoms with van der Waals surface area (Å²) in [5.74, 6) is 0. The van der Waals surface area contributed by atoms with Crippen molar-refractivity contribution in [3.63, 3.8) is 0 Å². The van der Waals surface area contributed by atoms with Crippen LogP contribution in [0.1, 0.15) is 5.56 Å². The van der Waals surface area contributed by atoms with Gasteiger partial charge in [0.05, 0.1) is 24.6 Å². The highest BCUT2D eigenvalue weighted by Crippen LogP contribution is 2.12. The minimum atomic E-state index is 0.285. The Morgan fingerprint density at radius 3 is 3.00 bits per heavy atom. The van der Waals surface area contributed by atoms with Gasteiger partial charge in [-0.05, 0) is 19.2 Å². The maximum atomic E-state index is 5.74. The molecule has 5 heteroatoms. The Balaban J connectivity index is 1.62. The lowest BCUT2D eigenvalue weighted by Crippen LogP contribution is -2.45. The summed E-state index contributed by atoms with van der Waals surface area (Å²) in [6.07, 6.45) is 4.35. The number of nitrogens with one attached hydrogen (secondary N) is 1. The molecule has 2 heterocycles. The van der Waals surface area contributed by atoms with E-state index in [4.69, 9.17) is 4.74 Å². The molecule has 0 bridgehead atoms. The Labute approximate surface area is 125 Å². The van der Waals surface area contributed by atoms with Crippen LogP contribution < -0.4 is 5.32 Å². The van der Waals surface area contributed by atoms with E-state index in [0.29, 0.717) is 0 Å². The van der Waals surface area contributed by atoms with Gasteiger partial charge in [0.1, 0.15) is 0 Å². The second-order valence-corrected chi connectivity index (χ2v) is 5.41. The second kappa shape index (κ2) is 6.85. The molecular formula is C16H22N4O. The molecule has 0 radical (unpaired) electrons. The Kier molecular flexibility index (Phi) is 4.65. The SMILES string of the molecule is CNCC1CN(Cc2cnn(-c3ccccc3)c2)CCO1. The number of hydrogen-bond acceptors (Lipinski definition) is 4. The highest BCUT2D eigenvalue weighted by atomic mass is 16.5. The zero-order chi connectivity index (χ0) is 14.5. The van der Waals surface area contributed by atoms with Crippen LogP contribution >= 0.6 is 0 Å². The van der Waals surface area contributed by atoms with E-state index in [9.17, 15) is 0 Å². The van der Waals surface area contributed by atoms with Crippen LogP contribution in [0.4, 0.5) is 0 Å². The summed E-state index contributed by atoms with van der Waals surface area (Å²) in [5.41, 5.74) is 2.34. The van der Waals surface area contributed by atoms with Crippen molar-refractivity contribution in [2.75, 3.05) is 33.3 Å². The van der Waals surface area contributed by atoms with E-state index in [-0.39, 0.29) is 6.10 Å². The molecule has 2 aromatic rings. The lowest BCUT2D eigenvalue weighted by atomic mass is 10.2. The number of aromatic nitrogens is 2. The normalized spacial score (nSPS) is 19.8. The quantitative estimate of drug-likeness (QED) is 0.899. The Hall–Kier alpha value is -1.69. The van der Waals surface area contributed by atoms with Crippen molar-refractivity contribution in [1.29, 1.82) is 0 Å². The van der Waals surface area contributed by atoms with E-state index >= 15 is 0 Å². The van der Waals surface area contributed by atoms with Crippen molar-refractivity contribution < 1.29 is 4.74 Å². The first-order valence-corrected chi connectivity index (χ1v) is 7.42. The van der Waals surface area contributed by atoms with Gasteiger partial charge in [-0.1, -0.05) is 18.2 Å². The molecule has 1 aliphatic rings. The maximum absolute atomic E-state index is 5.74. The molecule has 0 spiro atoms. The van der Waals surface area contributed by atoms with Crippen LogP contribution in [0, 0.1) is 0 Å². The summed E-state index contributed by atoms with van der Waals surface area (Å²) in [6.45, 7) is 4.59. The summed E-state index contributed by atoms with van der Waals surface area (Å²) >= 11 is 0. The molecule has 1 aromatic heterocycles. The smallest absolute Gasteiger partial charge is 0.0826 e. The number of morpholine rings is 1. The Bertz CT molecular complexity index is 552. The monoisotopic (exact) mass is 286 g/mol. The lowest BCUT2D eigenvalue weighted by molar-refractivity contribution is -0.0291. The molecule has 112 valence electrons. The molecule has 1 atom stereocenters. The predicted octanol–water partition coefficient (Wildman–Crippen LogP) is 1.29. The van der Waals surface area contributed by atoms with Crippen LogP contribution in [0.15, 0.2) is 42.7 Å². The number of likely N-dealkylation sites (N-methyl/N-ethyl adjacent to an activating group) is 1. The third kappa shape index (κ3) is 3.69. The van der Waals surface area contributed by atoms with Gasteiger partial charge in [0.15, 0.2) is 0 Å². The van der Waals surface area contributed by atoms with Gasteiger partial charge in [-0.2, -0.15) is 5.10 Å². The average Bonchev–Trinajstić information content (AvgIpc) is 2.97. The van der Waals surface area contributed by atoms with E-state index < -0.39 is 0 Å². The molecule has 1 aromatic carbocycles. The highest BCUT2D eigenvalue weighted by Gasteiger charge is 2.20. The summed E-state index contributed by atoms with van der Waals surface area (Å²) < 4.78 is 7.67. The molecule has 1 N–H and O–H groups in total. The maximum Gasteiger partial charge on any atom is 0.0826 e. The fraction of sp³-hybridized carbons (Fsp3) is 0.438. The molecule has 21 heavy (non-hydrogen) atoms. The van der Waals surface area contributed by atoms with Crippen LogP contribution in [0.3, 0.4) is 0 Å². The van der Waals surface area contributed by atoms with Gasteiger partial charge in [-0.15, -0.1) is 0 Å². The molecule has 0 saturated carbocycles. The zero-order valence-corrected chi connectivity index (χ0v) is 12.4.